The first-order valence-corrected chi connectivity index (χ1v) is 5.05. The molecular weight excluding hydrogens is 202 g/mol. The lowest BCUT2D eigenvalue weighted by atomic mass is 10.2. The van der Waals surface area contributed by atoms with Crippen LogP contribution in [-0.2, 0) is 6.42 Å². The molecule has 3 nitrogen and oxygen atoms in total. The minimum Gasteiger partial charge on any atom is -0.477 e. The maximum absolute atomic E-state index is 10.6. The van der Waals surface area contributed by atoms with E-state index in [1.54, 1.807) is 13.0 Å². The van der Waals surface area contributed by atoms with E-state index >= 15 is 0 Å². The van der Waals surface area contributed by atoms with Crippen LogP contribution in [0.15, 0.2) is 12.1 Å². The monoisotopic (exact) mass is 219 g/mol. The number of allylic oxidation sites excluding steroid dienone is 1. The van der Waals surface area contributed by atoms with Gasteiger partial charge >= 0.3 is 5.97 Å². The van der Waals surface area contributed by atoms with Gasteiger partial charge < -0.3 is 10.1 Å². The summed E-state index contributed by atoms with van der Waals surface area (Å²) >= 11 is 0. The maximum Gasteiger partial charge on any atom is 0.352 e. The number of nitrogens with one attached hydrogen (secondary N) is 1. The van der Waals surface area contributed by atoms with E-state index in [1.807, 2.05) is 26.0 Å². The third-order valence-corrected chi connectivity index (χ3v) is 1.88. The summed E-state index contributed by atoms with van der Waals surface area (Å²) in [6.07, 6.45) is 9.20. The predicted octanol–water partition coefficient (Wildman–Crippen LogP) is 2.95. The Morgan fingerprint density at radius 3 is 2.62 bits per heavy atom. The summed E-state index contributed by atoms with van der Waals surface area (Å²) in [5, 5.41) is 8.73. The Bertz CT molecular complexity index is 408. The van der Waals surface area contributed by atoms with E-state index in [1.165, 1.54) is 0 Å². The molecule has 0 aliphatic rings. The molecule has 16 heavy (non-hydrogen) atoms. The standard InChI is InChI=1S/C10H13NO2.C3H4/c1-3-5-8-7(4-2)6-9(11-8)10(12)13;1-3-2/h3,5-6,11H,4H2,1-2H3,(H,12,13);1H,2H3/b5-3-;. The molecule has 1 aromatic heterocycles. The number of terminal acetylenes is 1. The van der Waals surface area contributed by atoms with E-state index in [-0.39, 0.29) is 5.69 Å². The molecule has 1 rings (SSSR count). The van der Waals surface area contributed by atoms with Gasteiger partial charge in [0.05, 0.1) is 0 Å². The van der Waals surface area contributed by atoms with Gasteiger partial charge in [0.15, 0.2) is 0 Å². The molecule has 0 amide bonds. The third-order valence-electron chi connectivity index (χ3n) is 1.88. The van der Waals surface area contributed by atoms with Crippen LogP contribution in [0.1, 0.15) is 42.5 Å². The number of carboxylic acids is 1. The highest BCUT2D eigenvalue weighted by Crippen LogP contribution is 2.13. The molecule has 3 heteroatoms. The van der Waals surface area contributed by atoms with Crippen LogP contribution in [0.25, 0.3) is 6.08 Å². The predicted molar refractivity (Wildman–Crippen MR) is 66.3 cm³/mol. The van der Waals surface area contributed by atoms with Gasteiger partial charge in [0.1, 0.15) is 5.69 Å². The van der Waals surface area contributed by atoms with E-state index in [9.17, 15) is 4.79 Å². The first kappa shape index (κ1) is 14.1. The molecule has 0 saturated heterocycles. The van der Waals surface area contributed by atoms with Crippen LogP contribution in [0.2, 0.25) is 0 Å². The molecule has 1 heterocycles. The summed E-state index contributed by atoms with van der Waals surface area (Å²) in [6, 6.07) is 1.68. The van der Waals surface area contributed by atoms with Crippen molar-refractivity contribution in [2.45, 2.75) is 27.2 Å². The SMILES string of the molecule is C#CC.C/C=C\c1[nH]c(C(=O)O)cc1CC. The molecule has 0 spiro atoms. The molecule has 0 atom stereocenters. The van der Waals surface area contributed by atoms with Crippen LogP contribution in [0.5, 0.6) is 0 Å². The first-order valence-electron chi connectivity index (χ1n) is 5.05. The number of carbonyl (C=O) groups is 1. The Hall–Kier alpha value is -1.95. The number of aryl methyl sites for hydroxylation is 1. The molecule has 0 fully saturated rings. The number of hydrogen-bond acceptors (Lipinski definition) is 1. The Balaban J connectivity index is 0.000000673. The minimum absolute atomic E-state index is 0.255. The molecule has 86 valence electrons. The molecule has 1 aromatic rings. The zero-order valence-electron chi connectivity index (χ0n) is 9.87. The molecule has 0 aliphatic heterocycles. The summed E-state index contributed by atoms with van der Waals surface area (Å²) in [5.41, 5.74) is 2.18. The Labute approximate surface area is 96.2 Å². The number of aromatic carboxylic acids is 1. The van der Waals surface area contributed by atoms with Crippen molar-refractivity contribution in [2.75, 3.05) is 0 Å². The second-order valence-electron chi connectivity index (χ2n) is 3.07. The van der Waals surface area contributed by atoms with Gasteiger partial charge in [-0.2, -0.15) is 0 Å². The molecule has 0 bridgehead atoms. The second kappa shape index (κ2) is 7.36. The number of H-pyrrole nitrogens is 1. The van der Waals surface area contributed by atoms with E-state index < -0.39 is 5.97 Å². The molecule has 2 N–H and O–H groups in total. The normalized spacial score (nSPS) is 9.38. The van der Waals surface area contributed by atoms with Crippen LogP contribution in [-0.4, -0.2) is 16.1 Å². The van der Waals surface area contributed by atoms with Crippen molar-refractivity contribution in [2.24, 2.45) is 0 Å². The van der Waals surface area contributed by atoms with Crippen molar-refractivity contribution in [3.8, 4) is 12.3 Å². The molecule has 0 saturated carbocycles. The molecule has 0 aromatic carbocycles. The van der Waals surface area contributed by atoms with Crippen molar-refractivity contribution in [1.82, 2.24) is 4.98 Å². The lowest BCUT2D eigenvalue weighted by molar-refractivity contribution is 0.0691. The van der Waals surface area contributed by atoms with Crippen molar-refractivity contribution in [1.29, 1.82) is 0 Å². The fourth-order valence-corrected chi connectivity index (χ4v) is 1.24. The van der Waals surface area contributed by atoms with Gasteiger partial charge in [-0.25, -0.2) is 4.79 Å². The summed E-state index contributed by atoms with van der Waals surface area (Å²) in [5.74, 6) is 1.34. The number of hydrogen-bond donors (Lipinski definition) is 2. The summed E-state index contributed by atoms with van der Waals surface area (Å²) in [6.45, 7) is 5.56. The average molecular weight is 219 g/mol. The Morgan fingerprint density at radius 2 is 2.25 bits per heavy atom. The van der Waals surface area contributed by atoms with E-state index in [0.29, 0.717) is 0 Å². The smallest absolute Gasteiger partial charge is 0.352 e. The van der Waals surface area contributed by atoms with Gasteiger partial charge in [0, 0.05) is 5.69 Å². The molecule has 0 aliphatic carbocycles. The highest BCUT2D eigenvalue weighted by Gasteiger charge is 2.08. The van der Waals surface area contributed by atoms with Gasteiger partial charge in [0.2, 0.25) is 0 Å². The van der Waals surface area contributed by atoms with Gasteiger partial charge in [-0.15, -0.1) is 12.3 Å². The first-order chi connectivity index (χ1) is 7.60. The molecule has 0 radical (unpaired) electrons. The van der Waals surface area contributed by atoms with Crippen molar-refractivity contribution in [3.05, 3.63) is 29.1 Å². The highest BCUT2D eigenvalue weighted by molar-refractivity contribution is 5.86. The average Bonchev–Trinajstić information content (AvgIpc) is 2.63. The second-order valence-corrected chi connectivity index (χ2v) is 3.07. The Kier molecular flexibility index (Phi) is 6.46. The van der Waals surface area contributed by atoms with E-state index in [0.717, 1.165) is 17.7 Å². The maximum atomic E-state index is 10.6. The lowest BCUT2D eigenvalue weighted by Gasteiger charge is -1.91. The lowest BCUT2D eigenvalue weighted by Crippen LogP contribution is -1.95. The fourth-order valence-electron chi connectivity index (χ4n) is 1.24. The van der Waals surface area contributed by atoms with Crippen LogP contribution in [0.4, 0.5) is 0 Å². The minimum atomic E-state index is -0.912. The van der Waals surface area contributed by atoms with Crippen LogP contribution in [0, 0.1) is 12.3 Å². The third kappa shape index (κ3) is 4.05. The van der Waals surface area contributed by atoms with Crippen LogP contribution >= 0.6 is 0 Å². The topological polar surface area (TPSA) is 53.1 Å². The van der Waals surface area contributed by atoms with Crippen molar-refractivity contribution >= 4 is 12.0 Å². The number of aromatic amines is 1. The number of carboxylic acid groups (broad SMARTS) is 1. The Morgan fingerprint density at radius 1 is 1.69 bits per heavy atom. The quantitative estimate of drug-likeness (QED) is 0.768. The van der Waals surface area contributed by atoms with Crippen molar-refractivity contribution < 1.29 is 9.90 Å². The zero-order chi connectivity index (χ0) is 12.6. The van der Waals surface area contributed by atoms with Gasteiger partial charge in [-0.3, -0.25) is 0 Å². The van der Waals surface area contributed by atoms with Crippen LogP contribution in [0.3, 0.4) is 0 Å². The number of rotatable bonds is 3. The number of aromatic nitrogens is 1. The highest BCUT2D eigenvalue weighted by atomic mass is 16.4. The van der Waals surface area contributed by atoms with Crippen molar-refractivity contribution in [3.63, 3.8) is 0 Å². The van der Waals surface area contributed by atoms with Gasteiger partial charge in [-0.1, -0.05) is 13.0 Å². The summed E-state index contributed by atoms with van der Waals surface area (Å²) in [7, 11) is 0. The van der Waals surface area contributed by atoms with Gasteiger partial charge in [0.25, 0.3) is 0 Å². The van der Waals surface area contributed by atoms with E-state index in [4.69, 9.17) is 5.11 Å². The zero-order valence-corrected chi connectivity index (χ0v) is 9.87. The largest absolute Gasteiger partial charge is 0.477 e. The van der Waals surface area contributed by atoms with E-state index in [2.05, 4.69) is 17.3 Å². The molecule has 0 unspecified atom stereocenters. The summed E-state index contributed by atoms with van der Waals surface area (Å²) in [4.78, 5) is 13.5. The van der Waals surface area contributed by atoms with Crippen LogP contribution < -0.4 is 0 Å². The fraction of sp³-hybridized carbons (Fsp3) is 0.308. The van der Waals surface area contributed by atoms with Gasteiger partial charge in [-0.05, 0) is 38.0 Å². The molecular formula is C13H17NO2. The summed E-state index contributed by atoms with van der Waals surface area (Å²) < 4.78 is 0.